The van der Waals surface area contributed by atoms with Crippen LogP contribution in [-0.4, -0.2) is 144 Å². The summed E-state index contributed by atoms with van der Waals surface area (Å²) in [5, 5.41) is 36.8. The minimum atomic E-state index is -2.50. The Morgan fingerprint density at radius 3 is 2.21 bits per heavy atom. The molecule has 3 N–H and O–H groups in total. The maximum absolute atomic E-state index is 14.5. The third kappa shape index (κ3) is 14.4. The van der Waals surface area contributed by atoms with Gasteiger partial charge in [-0.3, -0.25) is 24.0 Å². The zero-order chi connectivity index (χ0) is 55.1. The van der Waals surface area contributed by atoms with Crippen LogP contribution < -0.4 is 5.06 Å². The first-order chi connectivity index (χ1) is 35.5. The number of methoxy groups -OCH3 is 3. The normalized spacial score (nSPS) is 38.5. The number of ketones is 3. The number of nitrogens with zero attached hydrogens (tertiary/aromatic N) is 2. The van der Waals surface area contributed by atoms with E-state index in [9.17, 15) is 39.3 Å². The van der Waals surface area contributed by atoms with E-state index in [1.165, 1.54) is 12.0 Å². The number of carbonyl (C=O) groups excluding carboxylic acids is 5. The molecule has 1 aromatic rings. The molecule has 75 heavy (non-hydrogen) atoms. The van der Waals surface area contributed by atoms with E-state index >= 15 is 0 Å². The lowest BCUT2D eigenvalue weighted by molar-refractivity contribution is -0.265. The van der Waals surface area contributed by atoms with Gasteiger partial charge in [0.25, 0.3) is 11.7 Å². The summed E-state index contributed by atoms with van der Waals surface area (Å²) in [5.41, 5.74) is 1.53. The number of Topliss-reactive ketones (excluding diaryl/α,β-unsaturated/α-hetero) is 3. The summed E-state index contributed by atoms with van der Waals surface area (Å²) in [7, 11) is 4.47. The third-order valence-electron chi connectivity index (χ3n) is 16.6. The number of hydrogen-bond acceptors (Lipinski definition) is 15. The summed E-state index contributed by atoms with van der Waals surface area (Å²) in [6.07, 6.45) is 5.60. The Labute approximate surface area is 453 Å². The van der Waals surface area contributed by atoms with Crippen molar-refractivity contribution in [3.05, 3.63) is 63.7 Å². The lowest BCUT2D eigenvalue weighted by Crippen LogP contribution is -2.61. The number of aliphatic hydroxyl groups excluding tert-OH is 2. The molecular formula is C57H82Cl2N2O14. The van der Waals surface area contributed by atoms with Gasteiger partial charge in [-0.05, 0) is 125 Å². The molecule has 16 nitrogen and oxygen atoms in total. The molecule has 7 rings (SSSR count). The lowest BCUT2D eigenvalue weighted by atomic mass is 9.78. The summed E-state index contributed by atoms with van der Waals surface area (Å²) >= 11 is 13.6. The molecular weight excluding hydrogens is 1010 g/mol. The zero-order valence-corrected chi connectivity index (χ0v) is 47.0. The predicted molar refractivity (Wildman–Crippen MR) is 284 cm³/mol. The lowest BCUT2D eigenvalue weighted by Gasteiger charge is -2.43. The van der Waals surface area contributed by atoms with Gasteiger partial charge >= 0.3 is 5.97 Å². The number of ether oxygens (including phenoxy) is 5. The van der Waals surface area contributed by atoms with Crippen molar-refractivity contribution >= 4 is 58.1 Å². The first-order valence-electron chi connectivity index (χ1n) is 26.9. The van der Waals surface area contributed by atoms with Gasteiger partial charge in [-0.1, -0.05) is 82.1 Å². The second kappa shape index (κ2) is 26.9. The minimum absolute atomic E-state index is 0.0561. The number of para-hydroxylation sites is 1. The average molecular weight is 1090 g/mol. The van der Waals surface area contributed by atoms with Gasteiger partial charge in [0.2, 0.25) is 5.79 Å². The molecule has 18 heteroatoms. The topological polar surface area (TPSA) is 208 Å². The molecule has 3 fully saturated rings. The van der Waals surface area contributed by atoms with Gasteiger partial charge in [0.05, 0.1) is 40.5 Å². The minimum Gasteiger partial charge on any atom is -0.460 e. The first kappa shape index (κ1) is 60.7. The van der Waals surface area contributed by atoms with Gasteiger partial charge in [-0.15, -0.1) is 0 Å². The van der Waals surface area contributed by atoms with Crippen LogP contribution >= 0.6 is 23.2 Å². The smallest absolute Gasteiger partial charge is 0.329 e. The molecule has 1 aromatic carbocycles. The Bertz CT molecular complexity index is 2250. The van der Waals surface area contributed by atoms with Crippen molar-refractivity contribution in [3.8, 4) is 0 Å². The fraction of sp³-hybridized carbons (Fsp3) is 0.702. The maximum atomic E-state index is 14.5. The zero-order valence-electron chi connectivity index (χ0n) is 45.5. The van der Waals surface area contributed by atoms with E-state index in [1.54, 1.807) is 71.3 Å². The summed E-state index contributed by atoms with van der Waals surface area (Å²) in [6, 6.07) is 3.51. The van der Waals surface area contributed by atoms with Crippen LogP contribution in [0.3, 0.4) is 0 Å². The Kier molecular flexibility index (Phi) is 21.7. The number of allylic oxidation sites excluding steroid dienone is 1. The van der Waals surface area contributed by atoms with E-state index in [1.807, 2.05) is 39.0 Å². The van der Waals surface area contributed by atoms with Crippen molar-refractivity contribution in [1.29, 1.82) is 0 Å². The highest BCUT2D eigenvalue weighted by molar-refractivity contribution is 6.39. The van der Waals surface area contributed by atoms with Gasteiger partial charge < -0.3 is 43.9 Å². The molecule has 17 atom stereocenters. The number of hydrogen-bond donors (Lipinski definition) is 3. The van der Waals surface area contributed by atoms with Gasteiger partial charge in [-0.25, -0.2) is 9.86 Å². The van der Waals surface area contributed by atoms with Crippen LogP contribution in [0.1, 0.15) is 126 Å². The SMILES string of the molecule is CO[C@H]1C[C@@H]2CC[C@@H](C)[C@@](O)(O2)C(=O)C(=O)N2CCCCC2C(=O)O[C@@H]([C@H](C)C[C@@H]2CC[C@@H](O)[C@H](OC)C2)CC(=O)[C@H](C)/C=C(\C)[C@@H](O)[C@@H](OC)C(=O)[C@H](C)C[C@H](C)[C@@H]2C=C[C@H](/C=C/1C)ON2c1c(Cl)cccc1Cl. The summed E-state index contributed by atoms with van der Waals surface area (Å²) in [6.45, 7) is 12.6. The first-order valence-corrected chi connectivity index (χ1v) is 27.7. The number of halogens is 2. The molecule has 0 radical (unpaired) electrons. The van der Waals surface area contributed by atoms with Gasteiger partial charge in [0.1, 0.15) is 41.9 Å². The van der Waals surface area contributed by atoms with Crippen LogP contribution in [0.25, 0.3) is 0 Å². The molecule has 6 aliphatic rings. The molecule has 1 saturated carbocycles. The van der Waals surface area contributed by atoms with E-state index in [2.05, 4.69) is 0 Å². The van der Waals surface area contributed by atoms with E-state index in [0.29, 0.717) is 79.1 Å². The number of piperidine rings is 1. The van der Waals surface area contributed by atoms with E-state index in [4.69, 9.17) is 51.7 Å². The van der Waals surface area contributed by atoms with Crippen LogP contribution in [-0.2, 0) is 52.5 Å². The molecule has 1 amide bonds. The fourth-order valence-corrected chi connectivity index (χ4v) is 12.4. The van der Waals surface area contributed by atoms with Crippen molar-refractivity contribution < 1.29 is 67.8 Å². The molecule has 0 aromatic heterocycles. The fourth-order valence-electron chi connectivity index (χ4n) is 11.9. The highest BCUT2D eigenvalue weighted by Gasteiger charge is 2.53. The molecule has 5 aliphatic heterocycles. The quantitative estimate of drug-likeness (QED) is 0.134. The monoisotopic (exact) mass is 1090 g/mol. The van der Waals surface area contributed by atoms with Crippen molar-refractivity contribution in [2.45, 2.75) is 192 Å². The van der Waals surface area contributed by atoms with Gasteiger partial charge in [-0.2, -0.15) is 0 Å². The van der Waals surface area contributed by atoms with Crippen molar-refractivity contribution in [2.75, 3.05) is 32.9 Å². The number of carbonyl (C=O) groups is 5. The van der Waals surface area contributed by atoms with Crippen LogP contribution in [0.5, 0.6) is 0 Å². The molecule has 4 bridgehead atoms. The standard InChI is InChI=1S/C57H82Cl2N2O14/c1-31-24-35(5)51(64)53(72-10)52(65)36(6)25-32(2)46(63)30-48(33(3)26-38-18-22-45(62)49(28-38)71-9)73-56(68)44-16-11-12-23-60(44)55(67)54(66)57(69)37(7)17-19-39(74-57)29-47(70-8)34(4)27-40-20-21-43(31)61(75-40)50-41(58)14-13-15-42(50)59/h13-15,20-21,25,27,31-33,35,37-40,43-45,47-49,52-53,62,65,69H,11-12,16-19,22-24,26,28-30H2,1-10H3/b34-27+,36-25+/t31-,32+,33+,35+,37+,38-,39-,40+,43-,44?,45+,47-,48+,49+,52+,53-,57+/m0/s1. The summed E-state index contributed by atoms with van der Waals surface area (Å²) in [4.78, 5) is 79.9. The molecule has 5 heterocycles. The van der Waals surface area contributed by atoms with Gasteiger partial charge in [0, 0.05) is 58.5 Å². The Morgan fingerprint density at radius 2 is 1.55 bits per heavy atom. The number of rotatable bonds is 7. The van der Waals surface area contributed by atoms with E-state index in [0.717, 1.165) is 5.57 Å². The molecule has 1 unspecified atom stereocenters. The second-order valence-corrected chi connectivity index (χ2v) is 23.0. The highest BCUT2D eigenvalue weighted by Crippen LogP contribution is 2.41. The predicted octanol–water partition coefficient (Wildman–Crippen LogP) is 8.12. The van der Waals surface area contributed by atoms with E-state index in [-0.39, 0.29) is 61.2 Å². The number of anilines is 1. The number of esters is 1. The van der Waals surface area contributed by atoms with Crippen molar-refractivity contribution in [1.82, 2.24) is 4.90 Å². The van der Waals surface area contributed by atoms with Gasteiger partial charge in [0.15, 0.2) is 5.78 Å². The number of fused-ring (bicyclic) bond motifs is 16. The molecule has 418 valence electrons. The van der Waals surface area contributed by atoms with E-state index < -0.39 is 96.0 Å². The molecule has 1 aliphatic carbocycles. The molecule has 2 saturated heterocycles. The average Bonchev–Trinajstić information content (AvgIpc) is 3.38. The van der Waals surface area contributed by atoms with Crippen molar-refractivity contribution in [2.24, 2.45) is 35.5 Å². The number of aliphatic hydroxyl groups is 3. The summed E-state index contributed by atoms with van der Waals surface area (Å²) in [5.74, 6) is -8.85. The number of benzene rings is 1. The Morgan fingerprint density at radius 1 is 0.840 bits per heavy atom. The van der Waals surface area contributed by atoms with Crippen LogP contribution in [0, 0.1) is 35.5 Å². The largest absolute Gasteiger partial charge is 0.460 e. The number of amides is 1. The summed E-state index contributed by atoms with van der Waals surface area (Å²) < 4.78 is 29.8. The Hall–Kier alpha value is -3.55. The highest BCUT2D eigenvalue weighted by atomic mass is 35.5. The second-order valence-electron chi connectivity index (χ2n) is 22.2. The Balaban J connectivity index is 1.37. The third-order valence-corrected chi connectivity index (χ3v) is 17.2. The van der Waals surface area contributed by atoms with Crippen LogP contribution in [0.4, 0.5) is 5.69 Å². The van der Waals surface area contributed by atoms with Crippen LogP contribution in [0.2, 0.25) is 10.0 Å². The maximum Gasteiger partial charge on any atom is 0.329 e. The van der Waals surface area contributed by atoms with Crippen molar-refractivity contribution in [3.63, 3.8) is 0 Å². The van der Waals surface area contributed by atoms with Crippen LogP contribution in [0.15, 0.2) is 53.6 Å². The molecule has 0 spiro atoms. The number of hydroxylamine groups is 1.